The number of hydrogen-bond donors (Lipinski definition) is 0. The number of aromatic nitrogens is 2. The molecule has 0 N–H and O–H groups in total. The Labute approximate surface area is 101 Å². The summed E-state index contributed by atoms with van der Waals surface area (Å²) in [5.74, 6) is 0. The quantitative estimate of drug-likeness (QED) is 0.670. The van der Waals surface area contributed by atoms with Gasteiger partial charge >= 0.3 is 0 Å². The molecule has 1 aromatic rings. The molecule has 0 aliphatic heterocycles. The van der Waals surface area contributed by atoms with Crippen molar-refractivity contribution in [1.82, 2.24) is 9.97 Å². The molecule has 0 aliphatic rings. The SMILES string of the molecule is CC(C)(C)c1cc(C(C)(C)C)nc(Br)n1. The number of rotatable bonds is 0. The third-order valence-electron chi connectivity index (χ3n) is 2.24. The highest BCUT2D eigenvalue weighted by Crippen LogP contribution is 2.27. The minimum atomic E-state index is 0.0610. The molecule has 3 heteroatoms. The van der Waals surface area contributed by atoms with E-state index in [9.17, 15) is 0 Å². The van der Waals surface area contributed by atoms with Crippen LogP contribution in [0.3, 0.4) is 0 Å². The lowest BCUT2D eigenvalue weighted by atomic mass is 9.87. The summed E-state index contributed by atoms with van der Waals surface area (Å²) in [7, 11) is 0. The van der Waals surface area contributed by atoms with Gasteiger partial charge in [0.05, 0.1) is 11.4 Å². The van der Waals surface area contributed by atoms with Gasteiger partial charge in [0, 0.05) is 10.8 Å². The van der Waals surface area contributed by atoms with Gasteiger partial charge in [-0.2, -0.15) is 0 Å². The van der Waals surface area contributed by atoms with Crippen LogP contribution in [0.1, 0.15) is 52.9 Å². The summed E-state index contributed by atoms with van der Waals surface area (Å²) in [6, 6.07) is 2.10. The highest BCUT2D eigenvalue weighted by atomic mass is 79.9. The summed E-state index contributed by atoms with van der Waals surface area (Å²) in [6.45, 7) is 13.0. The molecule has 0 radical (unpaired) electrons. The van der Waals surface area contributed by atoms with Gasteiger partial charge in [0.2, 0.25) is 0 Å². The lowest BCUT2D eigenvalue weighted by molar-refractivity contribution is 0.534. The van der Waals surface area contributed by atoms with Crippen molar-refractivity contribution in [1.29, 1.82) is 0 Å². The Morgan fingerprint density at radius 3 is 1.47 bits per heavy atom. The normalized spacial score (nSPS) is 13.0. The highest BCUT2D eigenvalue weighted by molar-refractivity contribution is 9.10. The molecular weight excluding hydrogens is 252 g/mol. The van der Waals surface area contributed by atoms with Crippen LogP contribution in [0.2, 0.25) is 0 Å². The van der Waals surface area contributed by atoms with Crippen LogP contribution in [-0.2, 0) is 10.8 Å². The van der Waals surface area contributed by atoms with E-state index < -0.39 is 0 Å². The van der Waals surface area contributed by atoms with Crippen LogP contribution in [0, 0.1) is 0 Å². The van der Waals surface area contributed by atoms with Gasteiger partial charge in [0.25, 0.3) is 0 Å². The molecule has 2 nitrogen and oxygen atoms in total. The largest absolute Gasteiger partial charge is 0.227 e. The zero-order valence-electron chi connectivity index (χ0n) is 10.3. The lowest BCUT2D eigenvalue weighted by Crippen LogP contribution is -2.19. The summed E-state index contributed by atoms with van der Waals surface area (Å²) in [5, 5.41) is 0. The van der Waals surface area contributed by atoms with Crippen LogP contribution in [0.15, 0.2) is 10.8 Å². The monoisotopic (exact) mass is 270 g/mol. The Balaban J connectivity index is 3.30. The van der Waals surface area contributed by atoms with Gasteiger partial charge in [-0.25, -0.2) is 9.97 Å². The summed E-state index contributed by atoms with van der Waals surface area (Å²) >= 11 is 3.38. The number of halogens is 1. The third kappa shape index (κ3) is 3.26. The molecule has 0 unspecified atom stereocenters. The van der Waals surface area contributed by atoms with Gasteiger partial charge in [0.1, 0.15) is 0 Å². The van der Waals surface area contributed by atoms with E-state index in [4.69, 9.17) is 0 Å². The molecule has 0 aliphatic carbocycles. The Kier molecular flexibility index (Phi) is 3.24. The molecule has 0 amide bonds. The maximum atomic E-state index is 4.42. The van der Waals surface area contributed by atoms with Crippen molar-refractivity contribution in [3.63, 3.8) is 0 Å². The van der Waals surface area contributed by atoms with Crippen LogP contribution >= 0.6 is 15.9 Å². The van der Waals surface area contributed by atoms with E-state index in [1.807, 2.05) is 0 Å². The first-order valence-corrected chi connectivity index (χ1v) is 5.95. The van der Waals surface area contributed by atoms with Gasteiger partial charge in [-0.15, -0.1) is 0 Å². The van der Waals surface area contributed by atoms with Crippen molar-refractivity contribution in [3.05, 3.63) is 22.2 Å². The average Bonchev–Trinajstić information content (AvgIpc) is 1.99. The molecule has 0 aromatic carbocycles. The zero-order chi connectivity index (χ0) is 11.9. The van der Waals surface area contributed by atoms with E-state index in [0.717, 1.165) is 11.4 Å². The molecule has 0 saturated heterocycles. The minimum Gasteiger partial charge on any atom is -0.227 e. The lowest BCUT2D eigenvalue weighted by Gasteiger charge is -2.23. The number of hydrogen-bond acceptors (Lipinski definition) is 2. The smallest absolute Gasteiger partial charge is 0.197 e. The average molecular weight is 271 g/mol. The van der Waals surface area contributed by atoms with E-state index in [-0.39, 0.29) is 10.8 Å². The third-order valence-corrected chi connectivity index (χ3v) is 2.59. The predicted molar refractivity (Wildman–Crippen MR) is 67.1 cm³/mol. The standard InChI is InChI=1S/C12H19BrN2/c1-11(2,3)8-7-9(12(4,5)6)15-10(13)14-8/h7H,1-6H3. The second-order valence-electron chi connectivity index (χ2n) is 5.91. The Morgan fingerprint density at radius 1 is 0.867 bits per heavy atom. The second-order valence-corrected chi connectivity index (χ2v) is 6.62. The maximum absolute atomic E-state index is 4.42. The van der Waals surface area contributed by atoms with Gasteiger partial charge in [-0.1, -0.05) is 41.5 Å². The summed E-state index contributed by atoms with van der Waals surface area (Å²) < 4.78 is 0.680. The fourth-order valence-corrected chi connectivity index (χ4v) is 1.57. The number of nitrogens with zero attached hydrogens (tertiary/aromatic N) is 2. The summed E-state index contributed by atoms with van der Waals surface area (Å²) in [5.41, 5.74) is 2.28. The Hall–Kier alpha value is -0.440. The molecule has 84 valence electrons. The first kappa shape index (κ1) is 12.6. The molecule has 1 rings (SSSR count). The van der Waals surface area contributed by atoms with Gasteiger partial charge in [0.15, 0.2) is 4.73 Å². The van der Waals surface area contributed by atoms with Crippen molar-refractivity contribution in [2.45, 2.75) is 52.4 Å². The molecule has 0 bridgehead atoms. The van der Waals surface area contributed by atoms with Gasteiger partial charge in [-0.3, -0.25) is 0 Å². The van der Waals surface area contributed by atoms with Gasteiger partial charge < -0.3 is 0 Å². The first-order chi connectivity index (χ1) is 6.60. The van der Waals surface area contributed by atoms with Crippen molar-refractivity contribution >= 4 is 15.9 Å². The molecule has 0 atom stereocenters. The van der Waals surface area contributed by atoms with E-state index in [1.54, 1.807) is 0 Å². The van der Waals surface area contributed by atoms with E-state index in [1.165, 1.54) is 0 Å². The Morgan fingerprint density at radius 2 is 1.20 bits per heavy atom. The van der Waals surface area contributed by atoms with Crippen LogP contribution in [0.25, 0.3) is 0 Å². The fraction of sp³-hybridized carbons (Fsp3) is 0.667. The maximum Gasteiger partial charge on any atom is 0.197 e. The minimum absolute atomic E-state index is 0.0610. The van der Waals surface area contributed by atoms with Crippen LogP contribution < -0.4 is 0 Å². The molecule has 1 aromatic heterocycles. The topological polar surface area (TPSA) is 25.8 Å². The molecule has 15 heavy (non-hydrogen) atoms. The van der Waals surface area contributed by atoms with Crippen molar-refractivity contribution in [3.8, 4) is 0 Å². The zero-order valence-corrected chi connectivity index (χ0v) is 11.9. The van der Waals surface area contributed by atoms with Crippen LogP contribution in [-0.4, -0.2) is 9.97 Å². The Bertz CT molecular complexity index is 327. The van der Waals surface area contributed by atoms with E-state index in [2.05, 4.69) is 73.5 Å². The van der Waals surface area contributed by atoms with E-state index in [0.29, 0.717) is 4.73 Å². The van der Waals surface area contributed by atoms with Crippen LogP contribution in [0.4, 0.5) is 0 Å². The predicted octanol–water partition coefficient (Wildman–Crippen LogP) is 3.83. The van der Waals surface area contributed by atoms with Crippen molar-refractivity contribution < 1.29 is 0 Å². The van der Waals surface area contributed by atoms with Gasteiger partial charge in [-0.05, 0) is 22.0 Å². The highest BCUT2D eigenvalue weighted by Gasteiger charge is 2.22. The molecule has 0 fully saturated rings. The molecule has 0 saturated carbocycles. The fourth-order valence-electron chi connectivity index (χ4n) is 1.19. The van der Waals surface area contributed by atoms with Crippen LogP contribution in [0.5, 0.6) is 0 Å². The summed E-state index contributed by atoms with van der Waals surface area (Å²) in [4.78, 5) is 8.85. The molecular formula is C12H19BrN2. The second kappa shape index (κ2) is 3.85. The van der Waals surface area contributed by atoms with Crippen molar-refractivity contribution in [2.24, 2.45) is 0 Å². The first-order valence-electron chi connectivity index (χ1n) is 5.16. The molecule has 1 heterocycles. The van der Waals surface area contributed by atoms with E-state index >= 15 is 0 Å². The van der Waals surface area contributed by atoms with Crippen molar-refractivity contribution in [2.75, 3.05) is 0 Å². The summed E-state index contributed by atoms with van der Waals surface area (Å²) in [6.07, 6.45) is 0. The molecule has 0 spiro atoms.